The third-order valence-corrected chi connectivity index (χ3v) is 4.02. The summed E-state index contributed by atoms with van der Waals surface area (Å²) in [5.74, 6) is 1.91. The summed E-state index contributed by atoms with van der Waals surface area (Å²) in [6.07, 6.45) is 6.93. The van der Waals surface area contributed by atoms with Crippen LogP contribution in [-0.4, -0.2) is 12.5 Å². The molecule has 0 aromatic carbocycles. The van der Waals surface area contributed by atoms with E-state index in [-0.39, 0.29) is 5.91 Å². The van der Waals surface area contributed by atoms with Crippen LogP contribution >= 0.6 is 0 Å². The second-order valence-electron chi connectivity index (χ2n) is 5.55. The average molecular weight is 234 g/mol. The van der Waals surface area contributed by atoms with Crippen molar-refractivity contribution < 1.29 is 4.79 Å². The van der Waals surface area contributed by atoms with Gasteiger partial charge < -0.3 is 5.32 Å². The summed E-state index contributed by atoms with van der Waals surface area (Å²) in [5.41, 5.74) is 0. The number of nitrogens with zero attached hydrogens (tertiary/aromatic N) is 1. The van der Waals surface area contributed by atoms with Crippen LogP contribution in [0.1, 0.15) is 45.4 Å². The summed E-state index contributed by atoms with van der Waals surface area (Å²) in [7, 11) is 0. The van der Waals surface area contributed by atoms with E-state index in [1.807, 2.05) is 6.92 Å². The Morgan fingerprint density at radius 3 is 2.35 bits per heavy atom. The van der Waals surface area contributed by atoms with Gasteiger partial charge in [-0.2, -0.15) is 5.26 Å². The molecule has 0 bridgehead atoms. The van der Waals surface area contributed by atoms with Gasteiger partial charge >= 0.3 is 0 Å². The zero-order chi connectivity index (χ0) is 12.3. The molecule has 0 aromatic rings. The van der Waals surface area contributed by atoms with E-state index in [2.05, 4.69) is 11.4 Å². The highest BCUT2D eigenvalue weighted by Gasteiger charge is 2.41. The zero-order valence-corrected chi connectivity index (χ0v) is 10.6. The molecule has 0 heterocycles. The van der Waals surface area contributed by atoms with Crippen LogP contribution in [0.5, 0.6) is 0 Å². The molecule has 1 unspecified atom stereocenters. The summed E-state index contributed by atoms with van der Waals surface area (Å²) in [5, 5.41) is 11.9. The van der Waals surface area contributed by atoms with Crippen molar-refractivity contribution in [2.45, 2.75) is 45.4 Å². The molecule has 17 heavy (non-hydrogen) atoms. The molecule has 2 rings (SSSR count). The van der Waals surface area contributed by atoms with Gasteiger partial charge in [-0.05, 0) is 49.9 Å². The first kappa shape index (κ1) is 12.4. The van der Waals surface area contributed by atoms with Crippen molar-refractivity contribution in [3.63, 3.8) is 0 Å². The van der Waals surface area contributed by atoms with Crippen LogP contribution in [0.25, 0.3) is 0 Å². The predicted molar refractivity (Wildman–Crippen MR) is 66.0 cm³/mol. The maximum absolute atomic E-state index is 11.8. The molecule has 3 nitrogen and oxygen atoms in total. The third kappa shape index (κ3) is 3.46. The first-order valence-electron chi connectivity index (χ1n) is 6.93. The number of carbonyl (C=O) groups is 1. The molecule has 2 aliphatic rings. The predicted octanol–water partition coefficient (Wildman–Crippen LogP) is 2.48. The molecule has 1 atom stereocenters. The van der Waals surface area contributed by atoms with Gasteiger partial charge in [-0.25, -0.2) is 0 Å². The Morgan fingerprint density at radius 1 is 1.35 bits per heavy atom. The van der Waals surface area contributed by atoms with Crippen molar-refractivity contribution in [3.8, 4) is 6.07 Å². The quantitative estimate of drug-likeness (QED) is 0.735. The van der Waals surface area contributed by atoms with Gasteiger partial charge in [0.2, 0.25) is 5.91 Å². The molecular formula is C14H22N2O. The fourth-order valence-corrected chi connectivity index (χ4v) is 2.65. The first-order valence-corrected chi connectivity index (χ1v) is 6.93. The lowest BCUT2D eigenvalue weighted by Crippen LogP contribution is -2.35. The SMILES string of the molecule is CCCC(C#N)C(=O)NCC(C1CC1)C1CC1. The van der Waals surface area contributed by atoms with Gasteiger partial charge in [0.05, 0.1) is 6.07 Å². The van der Waals surface area contributed by atoms with Crippen LogP contribution in [0, 0.1) is 35.0 Å². The second kappa shape index (κ2) is 5.53. The lowest BCUT2D eigenvalue weighted by Gasteiger charge is -2.17. The van der Waals surface area contributed by atoms with E-state index in [1.165, 1.54) is 25.7 Å². The van der Waals surface area contributed by atoms with Crippen molar-refractivity contribution in [1.82, 2.24) is 5.32 Å². The Hall–Kier alpha value is -1.04. The highest BCUT2D eigenvalue weighted by Crippen LogP contribution is 2.48. The number of carbonyl (C=O) groups excluding carboxylic acids is 1. The van der Waals surface area contributed by atoms with E-state index in [4.69, 9.17) is 5.26 Å². The van der Waals surface area contributed by atoms with Crippen molar-refractivity contribution in [1.29, 1.82) is 5.26 Å². The van der Waals surface area contributed by atoms with Gasteiger partial charge in [0.15, 0.2) is 0 Å². The summed E-state index contributed by atoms with van der Waals surface area (Å²) < 4.78 is 0. The van der Waals surface area contributed by atoms with E-state index < -0.39 is 5.92 Å². The highest BCUT2D eigenvalue weighted by atomic mass is 16.1. The minimum absolute atomic E-state index is 0.0550. The average Bonchev–Trinajstić information content (AvgIpc) is 3.16. The van der Waals surface area contributed by atoms with Gasteiger partial charge in [-0.1, -0.05) is 13.3 Å². The Bertz CT molecular complexity index is 301. The van der Waals surface area contributed by atoms with Crippen LogP contribution < -0.4 is 5.32 Å². The topological polar surface area (TPSA) is 52.9 Å². The maximum Gasteiger partial charge on any atom is 0.237 e. The van der Waals surface area contributed by atoms with Crippen molar-refractivity contribution in [2.75, 3.05) is 6.54 Å². The standard InChI is InChI=1S/C14H22N2O/c1-2-3-12(8-15)14(17)16-9-13(10-4-5-10)11-6-7-11/h10-13H,2-7,9H2,1H3,(H,16,17). The van der Waals surface area contributed by atoms with Gasteiger partial charge in [0.25, 0.3) is 0 Å². The molecule has 2 aliphatic carbocycles. The number of nitriles is 1. The number of nitrogens with one attached hydrogen (secondary N) is 1. The summed E-state index contributed by atoms with van der Waals surface area (Å²) in [6, 6.07) is 2.10. The summed E-state index contributed by atoms with van der Waals surface area (Å²) in [6.45, 7) is 2.81. The van der Waals surface area contributed by atoms with E-state index in [1.54, 1.807) is 0 Å². The molecule has 1 amide bonds. The zero-order valence-electron chi connectivity index (χ0n) is 10.6. The Balaban J connectivity index is 1.75. The van der Waals surface area contributed by atoms with Gasteiger partial charge in [0.1, 0.15) is 5.92 Å². The fourth-order valence-electron chi connectivity index (χ4n) is 2.65. The molecule has 0 aliphatic heterocycles. The molecule has 0 saturated heterocycles. The molecule has 0 radical (unpaired) electrons. The minimum atomic E-state index is -0.445. The molecule has 3 heteroatoms. The molecule has 94 valence electrons. The lowest BCUT2D eigenvalue weighted by molar-refractivity contribution is -0.123. The first-order chi connectivity index (χ1) is 8.26. The number of hydrogen-bond donors (Lipinski definition) is 1. The molecule has 2 fully saturated rings. The van der Waals surface area contributed by atoms with Crippen molar-refractivity contribution in [2.24, 2.45) is 23.7 Å². The van der Waals surface area contributed by atoms with Crippen LogP contribution in [-0.2, 0) is 4.79 Å². The number of rotatable bonds is 7. The number of hydrogen-bond acceptors (Lipinski definition) is 2. The molecule has 0 aromatic heterocycles. The largest absolute Gasteiger partial charge is 0.355 e. The van der Waals surface area contributed by atoms with Crippen LogP contribution in [0.3, 0.4) is 0 Å². The number of amides is 1. The monoisotopic (exact) mass is 234 g/mol. The molecule has 0 spiro atoms. The smallest absolute Gasteiger partial charge is 0.237 e. The van der Waals surface area contributed by atoms with Crippen LogP contribution in [0.2, 0.25) is 0 Å². The van der Waals surface area contributed by atoms with Crippen LogP contribution in [0.4, 0.5) is 0 Å². The Morgan fingerprint density at radius 2 is 1.94 bits per heavy atom. The third-order valence-electron chi connectivity index (χ3n) is 4.02. The molecule has 2 saturated carbocycles. The highest BCUT2D eigenvalue weighted by molar-refractivity contribution is 5.80. The fraction of sp³-hybridized carbons (Fsp3) is 0.857. The Labute approximate surface area is 104 Å². The normalized spacial score (nSPS) is 21.0. The van der Waals surface area contributed by atoms with Gasteiger partial charge in [-0.3, -0.25) is 4.79 Å². The van der Waals surface area contributed by atoms with E-state index in [0.29, 0.717) is 12.3 Å². The summed E-state index contributed by atoms with van der Waals surface area (Å²) in [4.78, 5) is 11.8. The van der Waals surface area contributed by atoms with E-state index >= 15 is 0 Å². The summed E-state index contributed by atoms with van der Waals surface area (Å²) >= 11 is 0. The Kier molecular flexibility index (Phi) is 4.04. The van der Waals surface area contributed by atoms with Crippen molar-refractivity contribution >= 4 is 5.91 Å². The van der Waals surface area contributed by atoms with Crippen LogP contribution in [0.15, 0.2) is 0 Å². The van der Waals surface area contributed by atoms with E-state index in [9.17, 15) is 4.79 Å². The van der Waals surface area contributed by atoms with E-state index in [0.717, 1.165) is 24.8 Å². The maximum atomic E-state index is 11.8. The second-order valence-corrected chi connectivity index (χ2v) is 5.55. The van der Waals surface area contributed by atoms with Gasteiger partial charge in [0, 0.05) is 6.54 Å². The molecule has 1 N–H and O–H groups in total. The minimum Gasteiger partial charge on any atom is -0.355 e. The lowest BCUT2D eigenvalue weighted by atomic mass is 9.97. The van der Waals surface area contributed by atoms with Crippen molar-refractivity contribution in [3.05, 3.63) is 0 Å². The molecular weight excluding hydrogens is 212 g/mol. The van der Waals surface area contributed by atoms with Gasteiger partial charge in [-0.15, -0.1) is 0 Å².